The van der Waals surface area contributed by atoms with Gasteiger partial charge in [0.2, 0.25) is 5.91 Å². The number of amides is 1. The van der Waals surface area contributed by atoms with Gasteiger partial charge in [-0.3, -0.25) is 4.79 Å². The van der Waals surface area contributed by atoms with E-state index in [1.54, 1.807) is 6.92 Å². The molecule has 1 aromatic carbocycles. The van der Waals surface area contributed by atoms with E-state index in [-0.39, 0.29) is 5.91 Å². The topological polar surface area (TPSA) is 41.1 Å². The Bertz CT molecular complexity index is 324. The zero-order valence-corrected chi connectivity index (χ0v) is 8.21. The number of anilines is 1. The van der Waals surface area contributed by atoms with Gasteiger partial charge in [-0.25, -0.2) is 0 Å². The summed E-state index contributed by atoms with van der Waals surface area (Å²) in [5.74, 6) is 0.0303. The molecule has 1 heterocycles. The summed E-state index contributed by atoms with van der Waals surface area (Å²) in [6.07, 6.45) is 0.996. The number of carbonyl (C=O) groups excluding carboxylic acids is 1. The average Bonchev–Trinajstić information content (AvgIpc) is 2.57. The van der Waals surface area contributed by atoms with Gasteiger partial charge in [0.05, 0.1) is 0 Å². The molecular weight excluding hydrogens is 176 g/mol. The number of para-hydroxylation sites is 1. The Morgan fingerprint density at radius 3 is 3.07 bits per heavy atom. The van der Waals surface area contributed by atoms with Crippen molar-refractivity contribution in [3.63, 3.8) is 0 Å². The van der Waals surface area contributed by atoms with Crippen LogP contribution >= 0.6 is 0 Å². The predicted molar refractivity (Wildman–Crippen MR) is 56.2 cm³/mol. The van der Waals surface area contributed by atoms with Gasteiger partial charge in [0.15, 0.2) is 0 Å². The second kappa shape index (κ2) is 3.70. The summed E-state index contributed by atoms with van der Waals surface area (Å²) < 4.78 is 0. The fourth-order valence-corrected chi connectivity index (χ4v) is 1.77. The second-order valence-corrected chi connectivity index (χ2v) is 3.64. The van der Waals surface area contributed by atoms with Crippen molar-refractivity contribution in [1.82, 2.24) is 5.32 Å². The molecule has 14 heavy (non-hydrogen) atoms. The molecule has 0 aliphatic carbocycles. The third-order valence-corrected chi connectivity index (χ3v) is 2.44. The van der Waals surface area contributed by atoms with Crippen LogP contribution < -0.4 is 10.6 Å². The third kappa shape index (κ3) is 1.87. The van der Waals surface area contributed by atoms with Crippen molar-refractivity contribution in [2.24, 2.45) is 0 Å². The molecule has 1 aromatic rings. The Hall–Kier alpha value is -1.51. The lowest BCUT2D eigenvalue weighted by Gasteiger charge is -2.10. The van der Waals surface area contributed by atoms with Gasteiger partial charge in [0, 0.05) is 25.2 Å². The highest BCUT2D eigenvalue weighted by atomic mass is 16.1. The van der Waals surface area contributed by atoms with Crippen molar-refractivity contribution in [2.75, 3.05) is 11.9 Å². The molecule has 1 atom stereocenters. The molecule has 0 saturated heterocycles. The molecule has 3 nitrogen and oxygen atoms in total. The lowest BCUT2D eigenvalue weighted by atomic mass is 10.1. The maximum atomic E-state index is 10.7. The van der Waals surface area contributed by atoms with Gasteiger partial charge in [-0.15, -0.1) is 0 Å². The number of carbonyl (C=O) groups is 1. The summed E-state index contributed by atoms with van der Waals surface area (Å²) in [5.41, 5.74) is 2.53. The first-order valence-corrected chi connectivity index (χ1v) is 4.84. The summed E-state index contributed by atoms with van der Waals surface area (Å²) in [5, 5.41) is 6.20. The molecule has 0 radical (unpaired) electrons. The number of fused-ring (bicyclic) bond motifs is 1. The molecule has 0 aromatic heterocycles. The van der Waals surface area contributed by atoms with Gasteiger partial charge >= 0.3 is 0 Å². The van der Waals surface area contributed by atoms with Crippen LogP contribution in [0.4, 0.5) is 5.69 Å². The van der Waals surface area contributed by atoms with Gasteiger partial charge in [0.25, 0.3) is 0 Å². The second-order valence-electron chi connectivity index (χ2n) is 3.64. The lowest BCUT2D eigenvalue weighted by Crippen LogP contribution is -2.33. The van der Waals surface area contributed by atoms with Crippen LogP contribution in [0.5, 0.6) is 0 Å². The quantitative estimate of drug-likeness (QED) is 0.734. The first kappa shape index (κ1) is 9.06. The molecule has 74 valence electrons. The highest BCUT2D eigenvalue weighted by Gasteiger charge is 2.19. The van der Waals surface area contributed by atoms with E-state index in [0.717, 1.165) is 6.42 Å². The Morgan fingerprint density at radius 2 is 2.36 bits per heavy atom. The number of nitrogens with one attached hydrogen (secondary N) is 2. The maximum absolute atomic E-state index is 10.7. The van der Waals surface area contributed by atoms with Crippen LogP contribution in [0.25, 0.3) is 0 Å². The highest BCUT2D eigenvalue weighted by molar-refractivity contribution is 5.73. The lowest BCUT2D eigenvalue weighted by molar-refractivity contribution is -0.118. The van der Waals surface area contributed by atoms with Crippen molar-refractivity contribution in [3.8, 4) is 0 Å². The first-order valence-electron chi connectivity index (χ1n) is 4.84. The van der Waals surface area contributed by atoms with E-state index in [0.29, 0.717) is 12.6 Å². The average molecular weight is 190 g/mol. The minimum absolute atomic E-state index is 0.0303. The first-order chi connectivity index (χ1) is 6.75. The smallest absolute Gasteiger partial charge is 0.216 e. The minimum Gasteiger partial charge on any atom is -0.380 e. The van der Waals surface area contributed by atoms with Gasteiger partial charge < -0.3 is 10.6 Å². The molecule has 2 rings (SSSR count). The van der Waals surface area contributed by atoms with E-state index in [1.165, 1.54) is 11.3 Å². The third-order valence-electron chi connectivity index (χ3n) is 2.44. The summed E-state index contributed by atoms with van der Waals surface area (Å²) in [7, 11) is 0. The Morgan fingerprint density at radius 1 is 1.57 bits per heavy atom. The van der Waals surface area contributed by atoms with Gasteiger partial charge in [-0.2, -0.15) is 0 Å². The van der Waals surface area contributed by atoms with Crippen molar-refractivity contribution >= 4 is 11.6 Å². The van der Waals surface area contributed by atoms with Crippen LogP contribution in [0.2, 0.25) is 0 Å². The number of hydrogen-bond acceptors (Lipinski definition) is 2. The van der Waals surface area contributed by atoms with Crippen molar-refractivity contribution in [2.45, 2.75) is 19.4 Å². The molecule has 0 unspecified atom stereocenters. The van der Waals surface area contributed by atoms with Gasteiger partial charge in [0.1, 0.15) is 0 Å². The molecule has 0 fully saturated rings. The fraction of sp³-hybridized carbons (Fsp3) is 0.364. The highest BCUT2D eigenvalue weighted by Crippen LogP contribution is 2.24. The molecule has 0 spiro atoms. The monoisotopic (exact) mass is 190 g/mol. The zero-order valence-electron chi connectivity index (χ0n) is 8.21. The van der Waals surface area contributed by atoms with Crippen molar-refractivity contribution in [1.29, 1.82) is 0 Å². The summed E-state index contributed by atoms with van der Waals surface area (Å²) >= 11 is 0. The summed E-state index contributed by atoms with van der Waals surface area (Å²) in [6.45, 7) is 2.24. The van der Waals surface area contributed by atoms with E-state index in [1.807, 2.05) is 12.1 Å². The van der Waals surface area contributed by atoms with E-state index in [2.05, 4.69) is 22.8 Å². The van der Waals surface area contributed by atoms with Crippen LogP contribution in [0, 0.1) is 0 Å². The van der Waals surface area contributed by atoms with Gasteiger partial charge in [-0.1, -0.05) is 18.2 Å². The molecular formula is C11H14N2O. The van der Waals surface area contributed by atoms with E-state index >= 15 is 0 Å². The normalized spacial score (nSPS) is 18.5. The number of rotatable bonds is 2. The molecule has 1 amide bonds. The van der Waals surface area contributed by atoms with Crippen LogP contribution in [-0.4, -0.2) is 18.5 Å². The molecule has 1 aliphatic heterocycles. The molecule has 2 N–H and O–H groups in total. The molecule has 3 heteroatoms. The van der Waals surface area contributed by atoms with Crippen molar-refractivity contribution < 1.29 is 4.79 Å². The predicted octanol–water partition coefficient (Wildman–Crippen LogP) is 1.16. The Kier molecular flexibility index (Phi) is 2.39. The van der Waals surface area contributed by atoms with Crippen LogP contribution in [0.3, 0.4) is 0 Å². The van der Waals surface area contributed by atoms with Crippen molar-refractivity contribution in [3.05, 3.63) is 29.8 Å². The fourth-order valence-electron chi connectivity index (χ4n) is 1.77. The summed E-state index contributed by atoms with van der Waals surface area (Å²) in [6, 6.07) is 8.60. The Labute approximate surface area is 83.5 Å². The molecule has 1 aliphatic rings. The maximum Gasteiger partial charge on any atom is 0.216 e. The minimum atomic E-state index is 0.0303. The van der Waals surface area contributed by atoms with E-state index in [4.69, 9.17) is 0 Å². The van der Waals surface area contributed by atoms with E-state index < -0.39 is 0 Å². The summed E-state index contributed by atoms with van der Waals surface area (Å²) in [4.78, 5) is 10.7. The molecule has 0 saturated carbocycles. The number of benzene rings is 1. The van der Waals surface area contributed by atoms with Crippen LogP contribution in [-0.2, 0) is 11.2 Å². The largest absolute Gasteiger partial charge is 0.380 e. The van der Waals surface area contributed by atoms with E-state index in [9.17, 15) is 4.79 Å². The van der Waals surface area contributed by atoms with Crippen LogP contribution in [0.1, 0.15) is 12.5 Å². The zero-order chi connectivity index (χ0) is 9.97. The van der Waals surface area contributed by atoms with Gasteiger partial charge in [-0.05, 0) is 18.1 Å². The number of hydrogen-bond donors (Lipinski definition) is 2. The standard InChI is InChI=1S/C11H14N2O/c1-8(14)12-7-10-6-9-4-2-3-5-11(9)13-10/h2-5,10,13H,6-7H2,1H3,(H,12,14)/t10-/m1/s1. The Balaban J connectivity index is 1.95. The van der Waals surface area contributed by atoms with Crippen LogP contribution in [0.15, 0.2) is 24.3 Å². The molecule has 0 bridgehead atoms. The SMILES string of the molecule is CC(=O)NC[C@H]1Cc2ccccc2N1.